The van der Waals surface area contributed by atoms with E-state index in [1.54, 1.807) is 12.2 Å². The van der Waals surface area contributed by atoms with Crippen molar-refractivity contribution in [3.63, 3.8) is 0 Å². The molecular weight excluding hydrogens is 248 g/mol. The molecule has 20 heavy (non-hydrogen) atoms. The third kappa shape index (κ3) is 4.82. The SMILES string of the molecule is C/C=C/C(=O)NCc1ccc(CN2CCCCC2)cc1. The molecule has 0 saturated carbocycles. The van der Waals surface area contributed by atoms with Gasteiger partial charge in [-0.15, -0.1) is 0 Å². The van der Waals surface area contributed by atoms with E-state index in [4.69, 9.17) is 0 Å². The largest absolute Gasteiger partial charge is 0.348 e. The van der Waals surface area contributed by atoms with Crippen LogP contribution in [0.2, 0.25) is 0 Å². The molecule has 3 heteroatoms. The van der Waals surface area contributed by atoms with Crippen molar-refractivity contribution in [3.05, 3.63) is 47.5 Å². The van der Waals surface area contributed by atoms with Crippen LogP contribution in [0.15, 0.2) is 36.4 Å². The van der Waals surface area contributed by atoms with Gasteiger partial charge in [-0.05, 0) is 50.1 Å². The minimum atomic E-state index is -0.0371. The lowest BCUT2D eigenvalue weighted by molar-refractivity contribution is -0.116. The molecular formula is C17H24N2O. The van der Waals surface area contributed by atoms with Gasteiger partial charge in [0.15, 0.2) is 0 Å². The van der Waals surface area contributed by atoms with Crippen LogP contribution in [0.25, 0.3) is 0 Å². The lowest BCUT2D eigenvalue weighted by Gasteiger charge is -2.26. The van der Waals surface area contributed by atoms with E-state index in [1.165, 1.54) is 37.9 Å². The predicted molar refractivity (Wildman–Crippen MR) is 82.2 cm³/mol. The zero-order valence-electron chi connectivity index (χ0n) is 12.3. The van der Waals surface area contributed by atoms with Crippen molar-refractivity contribution >= 4 is 5.91 Å². The summed E-state index contributed by atoms with van der Waals surface area (Å²) in [6.45, 7) is 5.93. The zero-order chi connectivity index (χ0) is 14.2. The van der Waals surface area contributed by atoms with Gasteiger partial charge in [0.2, 0.25) is 5.91 Å². The van der Waals surface area contributed by atoms with Crippen molar-refractivity contribution in [2.24, 2.45) is 0 Å². The standard InChI is InChI=1S/C17H24N2O/c1-2-6-17(20)18-13-15-7-9-16(10-8-15)14-19-11-4-3-5-12-19/h2,6-10H,3-5,11-14H2,1H3,(H,18,20)/b6-2+. The maximum Gasteiger partial charge on any atom is 0.243 e. The van der Waals surface area contributed by atoms with Crippen molar-refractivity contribution in [2.75, 3.05) is 13.1 Å². The molecule has 0 aromatic heterocycles. The number of nitrogens with one attached hydrogen (secondary N) is 1. The molecule has 0 spiro atoms. The second-order valence-corrected chi connectivity index (χ2v) is 5.37. The molecule has 1 heterocycles. The van der Waals surface area contributed by atoms with Crippen LogP contribution in [0, 0.1) is 0 Å². The van der Waals surface area contributed by atoms with Gasteiger partial charge in [-0.25, -0.2) is 0 Å². The number of carbonyl (C=O) groups is 1. The second kappa shape index (κ2) is 7.85. The maximum atomic E-state index is 11.3. The van der Waals surface area contributed by atoms with E-state index in [9.17, 15) is 4.79 Å². The molecule has 1 saturated heterocycles. The summed E-state index contributed by atoms with van der Waals surface area (Å²) in [6, 6.07) is 8.56. The maximum absolute atomic E-state index is 11.3. The van der Waals surface area contributed by atoms with Gasteiger partial charge in [-0.1, -0.05) is 36.8 Å². The van der Waals surface area contributed by atoms with Crippen LogP contribution in [0.5, 0.6) is 0 Å². The first-order chi connectivity index (χ1) is 9.78. The smallest absolute Gasteiger partial charge is 0.243 e. The summed E-state index contributed by atoms with van der Waals surface area (Å²) in [5, 5.41) is 2.86. The Morgan fingerprint density at radius 3 is 2.45 bits per heavy atom. The molecule has 1 fully saturated rings. The quantitative estimate of drug-likeness (QED) is 0.836. The molecule has 0 aliphatic carbocycles. The topological polar surface area (TPSA) is 32.3 Å². The van der Waals surface area contributed by atoms with E-state index in [0.29, 0.717) is 6.54 Å². The Morgan fingerprint density at radius 2 is 1.80 bits per heavy atom. The van der Waals surface area contributed by atoms with Crippen molar-refractivity contribution in [1.82, 2.24) is 10.2 Å². The van der Waals surface area contributed by atoms with E-state index in [0.717, 1.165) is 12.1 Å². The molecule has 1 aliphatic heterocycles. The van der Waals surface area contributed by atoms with Crippen molar-refractivity contribution < 1.29 is 4.79 Å². The fourth-order valence-electron chi connectivity index (χ4n) is 2.54. The third-order valence-corrected chi connectivity index (χ3v) is 3.66. The van der Waals surface area contributed by atoms with Crippen LogP contribution < -0.4 is 5.32 Å². The summed E-state index contributed by atoms with van der Waals surface area (Å²) in [4.78, 5) is 13.9. The molecule has 1 N–H and O–H groups in total. The molecule has 3 nitrogen and oxygen atoms in total. The summed E-state index contributed by atoms with van der Waals surface area (Å²) in [7, 11) is 0. The zero-order valence-corrected chi connectivity index (χ0v) is 12.3. The average Bonchev–Trinajstić information content (AvgIpc) is 2.48. The van der Waals surface area contributed by atoms with E-state index in [2.05, 4.69) is 34.5 Å². The van der Waals surface area contributed by atoms with Crippen LogP contribution in [0.4, 0.5) is 0 Å². The van der Waals surface area contributed by atoms with E-state index in [-0.39, 0.29) is 5.91 Å². The normalized spacial score (nSPS) is 16.4. The molecule has 0 unspecified atom stereocenters. The van der Waals surface area contributed by atoms with Crippen LogP contribution in [-0.2, 0) is 17.9 Å². The van der Waals surface area contributed by atoms with Gasteiger partial charge in [-0.2, -0.15) is 0 Å². The Labute approximate surface area is 121 Å². The summed E-state index contributed by atoms with van der Waals surface area (Å²) in [5.74, 6) is -0.0371. The molecule has 2 rings (SSSR count). The molecule has 1 aliphatic rings. The third-order valence-electron chi connectivity index (χ3n) is 3.66. The van der Waals surface area contributed by atoms with Gasteiger partial charge < -0.3 is 5.32 Å². The molecule has 1 aromatic rings. The minimum absolute atomic E-state index is 0.0371. The molecule has 1 amide bonds. The van der Waals surface area contributed by atoms with E-state index in [1.807, 2.05) is 6.92 Å². The number of benzene rings is 1. The summed E-state index contributed by atoms with van der Waals surface area (Å²) >= 11 is 0. The number of carbonyl (C=O) groups excluding carboxylic acids is 1. The molecule has 0 bridgehead atoms. The first-order valence-electron chi connectivity index (χ1n) is 7.48. The van der Waals surface area contributed by atoms with Gasteiger partial charge in [0.1, 0.15) is 0 Å². The summed E-state index contributed by atoms with van der Waals surface area (Å²) in [5.41, 5.74) is 2.50. The predicted octanol–water partition coefficient (Wildman–Crippen LogP) is 2.86. The Morgan fingerprint density at radius 1 is 1.15 bits per heavy atom. The fourth-order valence-corrected chi connectivity index (χ4v) is 2.54. The highest BCUT2D eigenvalue weighted by atomic mass is 16.1. The number of piperidine rings is 1. The highest BCUT2D eigenvalue weighted by Gasteiger charge is 2.10. The Balaban J connectivity index is 1.81. The van der Waals surface area contributed by atoms with Crippen LogP contribution in [-0.4, -0.2) is 23.9 Å². The van der Waals surface area contributed by atoms with Crippen molar-refractivity contribution in [2.45, 2.75) is 39.3 Å². The van der Waals surface area contributed by atoms with Crippen molar-refractivity contribution in [3.8, 4) is 0 Å². The lowest BCUT2D eigenvalue weighted by Crippen LogP contribution is -2.29. The summed E-state index contributed by atoms with van der Waals surface area (Å²) < 4.78 is 0. The van der Waals surface area contributed by atoms with E-state index >= 15 is 0 Å². The number of nitrogens with zero attached hydrogens (tertiary/aromatic N) is 1. The minimum Gasteiger partial charge on any atom is -0.348 e. The number of amides is 1. The number of hydrogen-bond acceptors (Lipinski definition) is 2. The molecule has 1 aromatic carbocycles. The molecule has 0 atom stereocenters. The first-order valence-corrected chi connectivity index (χ1v) is 7.48. The highest BCUT2D eigenvalue weighted by Crippen LogP contribution is 2.13. The molecule has 108 valence electrons. The molecule has 0 radical (unpaired) electrons. The Hall–Kier alpha value is -1.61. The highest BCUT2D eigenvalue weighted by molar-refractivity contribution is 5.87. The number of rotatable bonds is 5. The second-order valence-electron chi connectivity index (χ2n) is 5.37. The fraction of sp³-hybridized carbons (Fsp3) is 0.471. The van der Waals surface area contributed by atoms with Crippen LogP contribution in [0.1, 0.15) is 37.3 Å². The van der Waals surface area contributed by atoms with Gasteiger partial charge in [0.05, 0.1) is 0 Å². The monoisotopic (exact) mass is 272 g/mol. The van der Waals surface area contributed by atoms with Crippen molar-refractivity contribution in [1.29, 1.82) is 0 Å². The van der Waals surface area contributed by atoms with Gasteiger partial charge >= 0.3 is 0 Å². The summed E-state index contributed by atoms with van der Waals surface area (Å²) in [6.07, 6.45) is 7.33. The first kappa shape index (κ1) is 14.8. The van der Waals surface area contributed by atoms with Crippen LogP contribution >= 0.6 is 0 Å². The van der Waals surface area contributed by atoms with Crippen LogP contribution in [0.3, 0.4) is 0 Å². The number of hydrogen-bond donors (Lipinski definition) is 1. The number of allylic oxidation sites excluding steroid dienone is 1. The van der Waals surface area contributed by atoms with E-state index < -0.39 is 0 Å². The van der Waals surface area contributed by atoms with Gasteiger partial charge in [-0.3, -0.25) is 9.69 Å². The Bertz CT molecular complexity index is 445. The average molecular weight is 272 g/mol. The Kier molecular flexibility index (Phi) is 5.81. The number of likely N-dealkylation sites (tertiary alicyclic amines) is 1. The van der Waals surface area contributed by atoms with Gasteiger partial charge in [0.25, 0.3) is 0 Å². The lowest BCUT2D eigenvalue weighted by atomic mass is 10.1. The van der Waals surface area contributed by atoms with Gasteiger partial charge in [0, 0.05) is 13.1 Å².